The fourth-order valence-corrected chi connectivity index (χ4v) is 3.30. The van der Waals surface area contributed by atoms with E-state index in [1.807, 2.05) is 5.10 Å². The van der Waals surface area contributed by atoms with Crippen molar-refractivity contribution in [2.45, 2.75) is 12.7 Å². The Morgan fingerprint density at radius 1 is 1.19 bits per heavy atom. The highest BCUT2D eigenvalue weighted by Crippen LogP contribution is 2.35. The van der Waals surface area contributed by atoms with Crippen LogP contribution < -0.4 is 10.2 Å². The van der Waals surface area contributed by atoms with Gasteiger partial charge in [0.05, 0.1) is 11.4 Å². The predicted molar refractivity (Wildman–Crippen MR) is 97.2 cm³/mol. The third-order valence-electron chi connectivity index (χ3n) is 4.18. The van der Waals surface area contributed by atoms with Gasteiger partial charge in [-0.1, -0.05) is 23.2 Å². The first-order chi connectivity index (χ1) is 12.8. The predicted octanol–water partition coefficient (Wildman–Crippen LogP) is 4.56. The van der Waals surface area contributed by atoms with Crippen molar-refractivity contribution in [3.63, 3.8) is 0 Å². The molecule has 1 aliphatic heterocycles. The molecular formula is C16H13Cl2F3N6. The van der Waals surface area contributed by atoms with Crippen molar-refractivity contribution < 1.29 is 13.2 Å². The molecule has 11 heteroatoms. The van der Waals surface area contributed by atoms with Crippen LogP contribution in [0.3, 0.4) is 0 Å². The molecular weight excluding hydrogens is 404 g/mol. The molecule has 3 aromatic rings. The lowest BCUT2D eigenvalue weighted by atomic mass is 10.2. The van der Waals surface area contributed by atoms with Crippen molar-refractivity contribution >= 4 is 34.7 Å². The van der Waals surface area contributed by atoms with E-state index in [0.717, 1.165) is 11.3 Å². The molecule has 1 aliphatic rings. The number of hydrogen-bond donors (Lipinski definition) is 3. The zero-order valence-electron chi connectivity index (χ0n) is 13.7. The third-order valence-corrected chi connectivity index (χ3v) is 4.79. The van der Waals surface area contributed by atoms with Gasteiger partial charge in [-0.3, -0.25) is 5.10 Å². The van der Waals surface area contributed by atoms with Gasteiger partial charge >= 0.3 is 6.18 Å². The summed E-state index contributed by atoms with van der Waals surface area (Å²) < 4.78 is 38.2. The summed E-state index contributed by atoms with van der Waals surface area (Å²) in [5.41, 5.74) is 2.03. The second kappa shape index (κ2) is 6.65. The SMILES string of the molecule is FC(F)(F)c1nc(-c2cc3c([nH]2)NCCN3Cc2cc(Cl)ccc2Cl)n[nH]1. The minimum atomic E-state index is -4.58. The molecule has 0 spiro atoms. The number of benzene rings is 1. The number of hydrogen-bond acceptors (Lipinski definition) is 4. The van der Waals surface area contributed by atoms with Crippen LogP contribution in [-0.4, -0.2) is 33.3 Å². The maximum atomic E-state index is 12.7. The van der Waals surface area contributed by atoms with Gasteiger partial charge in [0, 0.05) is 29.7 Å². The lowest BCUT2D eigenvalue weighted by Crippen LogP contribution is -2.33. The number of aromatic amines is 2. The smallest absolute Gasteiger partial charge is 0.368 e. The Bertz CT molecular complexity index is 981. The van der Waals surface area contributed by atoms with E-state index in [1.54, 1.807) is 24.3 Å². The fourth-order valence-electron chi connectivity index (χ4n) is 2.93. The summed E-state index contributed by atoms with van der Waals surface area (Å²) in [6.45, 7) is 1.86. The first-order valence-electron chi connectivity index (χ1n) is 7.97. The van der Waals surface area contributed by atoms with Crippen molar-refractivity contribution in [3.05, 3.63) is 45.7 Å². The second-order valence-corrected chi connectivity index (χ2v) is 6.88. The second-order valence-electron chi connectivity index (χ2n) is 6.03. The molecule has 0 unspecified atom stereocenters. The van der Waals surface area contributed by atoms with Crippen molar-refractivity contribution in [2.75, 3.05) is 23.3 Å². The van der Waals surface area contributed by atoms with E-state index in [4.69, 9.17) is 23.2 Å². The Morgan fingerprint density at radius 2 is 2.00 bits per heavy atom. The molecule has 0 amide bonds. The van der Waals surface area contributed by atoms with Gasteiger partial charge < -0.3 is 15.2 Å². The largest absolute Gasteiger partial charge is 0.451 e. The number of nitrogens with one attached hydrogen (secondary N) is 3. The Morgan fingerprint density at radius 3 is 2.74 bits per heavy atom. The Labute approximate surface area is 161 Å². The number of halogens is 5. The Kier molecular flexibility index (Phi) is 4.43. The highest BCUT2D eigenvalue weighted by atomic mass is 35.5. The maximum absolute atomic E-state index is 12.7. The van der Waals surface area contributed by atoms with Crippen molar-refractivity contribution in [1.82, 2.24) is 20.2 Å². The van der Waals surface area contributed by atoms with E-state index < -0.39 is 12.0 Å². The van der Waals surface area contributed by atoms with Gasteiger partial charge in [-0.2, -0.15) is 18.3 Å². The van der Waals surface area contributed by atoms with Gasteiger partial charge in [-0.25, -0.2) is 4.98 Å². The number of aromatic nitrogens is 4. The fraction of sp³-hybridized carbons (Fsp3) is 0.250. The molecule has 1 aromatic carbocycles. The lowest BCUT2D eigenvalue weighted by Gasteiger charge is -2.30. The highest BCUT2D eigenvalue weighted by Gasteiger charge is 2.35. The maximum Gasteiger partial charge on any atom is 0.451 e. The van der Waals surface area contributed by atoms with Gasteiger partial charge in [-0.05, 0) is 29.8 Å². The standard InChI is InChI=1S/C16H13Cl2F3N6/c17-9-1-2-10(18)8(5-9)7-27-4-3-22-14-12(27)6-11(23-14)13-24-15(26-25-13)16(19,20)21/h1-2,5-6,22-23H,3-4,7H2,(H,24,25,26). The van der Waals surface area contributed by atoms with Gasteiger partial charge in [0.25, 0.3) is 0 Å². The van der Waals surface area contributed by atoms with Crippen molar-refractivity contribution in [1.29, 1.82) is 0 Å². The quantitative estimate of drug-likeness (QED) is 0.585. The molecule has 0 saturated heterocycles. The van der Waals surface area contributed by atoms with Crippen LogP contribution in [0.25, 0.3) is 11.5 Å². The van der Waals surface area contributed by atoms with E-state index in [0.29, 0.717) is 41.2 Å². The van der Waals surface area contributed by atoms with E-state index in [9.17, 15) is 13.2 Å². The minimum absolute atomic E-state index is 0.0562. The normalized spacial score (nSPS) is 14.2. The molecule has 0 atom stereocenters. The molecule has 142 valence electrons. The Hall–Kier alpha value is -2.39. The summed E-state index contributed by atoms with van der Waals surface area (Å²) in [6, 6.07) is 6.96. The molecule has 0 radical (unpaired) electrons. The van der Waals surface area contributed by atoms with E-state index >= 15 is 0 Å². The third kappa shape index (κ3) is 3.57. The lowest BCUT2D eigenvalue weighted by molar-refractivity contribution is -0.144. The molecule has 4 rings (SSSR count). The number of H-pyrrole nitrogens is 2. The van der Waals surface area contributed by atoms with Crippen LogP contribution in [0, 0.1) is 0 Å². The number of anilines is 2. The highest BCUT2D eigenvalue weighted by molar-refractivity contribution is 6.33. The zero-order chi connectivity index (χ0) is 19.2. The van der Waals surface area contributed by atoms with Crippen molar-refractivity contribution in [2.24, 2.45) is 0 Å². The molecule has 0 saturated carbocycles. The first-order valence-corrected chi connectivity index (χ1v) is 8.72. The van der Waals surface area contributed by atoms with Crippen LogP contribution in [0.15, 0.2) is 24.3 Å². The summed E-state index contributed by atoms with van der Waals surface area (Å²) >= 11 is 12.3. The molecule has 6 nitrogen and oxygen atoms in total. The van der Waals surface area contributed by atoms with Crippen LogP contribution in [-0.2, 0) is 12.7 Å². The summed E-state index contributed by atoms with van der Waals surface area (Å²) in [7, 11) is 0. The number of alkyl halides is 3. The molecule has 2 aromatic heterocycles. The van der Waals surface area contributed by atoms with Crippen LogP contribution in [0.5, 0.6) is 0 Å². The Balaban J connectivity index is 1.64. The average Bonchev–Trinajstić information content (AvgIpc) is 3.24. The first kappa shape index (κ1) is 18.0. The van der Waals surface area contributed by atoms with Crippen molar-refractivity contribution in [3.8, 4) is 11.5 Å². The van der Waals surface area contributed by atoms with Gasteiger partial charge in [0.15, 0.2) is 5.82 Å². The molecule has 3 heterocycles. The van der Waals surface area contributed by atoms with Crippen LogP contribution in [0.2, 0.25) is 10.0 Å². The molecule has 0 aliphatic carbocycles. The van der Waals surface area contributed by atoms with E-state index in [1.165, 1.54) is 0 Å². The van der Waals surface area contributed by atoms with Crippen LogP contribution in [0.4, 0.5) is 24.7 Å². The van der Waals surface area contributed by atoms with Crippen LogP contribution >= 0.6 is 23.2 Å². The number of rotatable bonds is 3. The van der Waals surface area contributed by atoms with Gasteiger partial charge in [0.1, 0.15) is 5.82 Å². The zero-order valence-corrected chi connectivity index (χ0v) is 15.2. The topological polar surface area (TPSA) is 72.6 Å². The van der Waals surface area contributed by atoms with Gasteiger partial charge in [-0.15, -0.1) is 0 Å². The monoisotopic (exact) mass is 416 g/mol. The summed E-state index contributed by atoms with van der Waals surface area (Å²) in [6.07, 6.45) is -4.58. The molecule has 0 bridgehead atoms. The summed E-state index contributed by atoms with van der Waals surface area (Å²) in [4.78, 5) is 8.61. The molecule has 27 heavy (non-hydrogen) atoms. The molecule has 3 N–H and O–H groups in total. The van der Waals surface area contributed by atoms with Gasteiger partial charge in [0.2, 0.25) is 5.82 Å². The number of nitrogens with zero attached hydrogens (tertiary/aromatic N) is 3. The summed E-state index contributed by atoms with van der Waals surface area (Å²) in [5.74, 6) is -0.507. The van der Waals surface area contributed by atoms with Crippen LogP contribution in [0.1, 0.15) is 11.4 Å². The van der Waals surface area contributed by atoms with E-state index in [-0.39, 0.29) is 5.82 Å². The minimum Gasteiger partial charge on any atom is -0.368 e. The number of fused-ring (bicyclic) bond motifs is 1. The molecule has 0 fully saturated rings. The summed E-state index contributed by atoms with van der Waals surface area (Å²) in [5, 5.41) is 9.94. The van der Waals surface area contributed by atoms with E-state index in [2.05, 4.69) is 25.3 Å². The average molecular weight is 417 g/mol.